The van der Waals surface area contributed by atoms with Crippen LogP contribution in [0, 0.1) is 0 Å². The van der Waals surface area contributed by atoms with Gasteiger partial charge in [-0.15, -0.1) is 0 Å². The predicted molar refractivity (Wildman–Crippen MR) is 61.0 cm³/mol. The number of nitrogens with zero attached hydrogens (tertiary/aromatic N) is 1. The summed E-state index contributed by atoms with van der Waals surface area (Å²) in [5.74, 6) is 0.148. The molecule has 0 fully saturated rings. The van der Waals surface area contributed by atoms with Gasteiger partial charge in [0.2, 0.25) is 0 Å². The summed E-state index contributed by atoms with van der Waals surface area (Å²) >= 11 is 0. The third-order valence-corrected chi connectivity index (χ3v) is 2.62. The van der Waals surface area contributed by atoms with Gasteiger partial charge in [0.05, 0.1) is 12.1 Å². The first kappa shape index (κ1) is 10.4. The Bertz CT molecular complexity index is 545. The van der Waals surface area contributed by atoms with Crippen LogP contribution in [0.3, 0.4) is 0 Å². The quantitative estimate of drug-likeness (QED) is 0.705. The highest BCUT2D eigenvalue weighted by Crippen LogP contribution is 2.29. The van der Waals surface area contributed by atoms with Crippen LogP contribution in [0.25, 0.3) is 10.9 Å². The first-order chi connectivity index (χ1) is 7.61. The van der Waals surface area contributed by atoms with Gasteiger partial charge in [0, 0.05) is 18.0 Å². The Hall–Kier alpha value is -2.17. The Morgan fingerprint density at radius 2 is 2.19 bits per heavy atom. The number of benzene rings is 1. The largest absolute Gasteiger partial charge is 0.494 e. The van der Waals surface area contributed by atoms with Crippen molar-refractivity contribution < 1.29 is 9.90 Å². The number of primary amides is 1. The van der Waals surface area contributed by atoms with Crippen LogP contribution in [0.1, 0.15) is 5.56 Å². The van der Waals surface area contributed by atoms with Gasteiger partial charge in [0.1, 0.15) is 0 Å². The molecule has 1 aromatic heterocycles. The predicted octanol–water partition coefficient (Wildman–Crippen LogP) is 1.05. The van der Waals surface area contributed by atoms with E-state index in [1.807, 2.05) is 24.3 Å². The van der Waals surface area contributed by atoms with Gasteiger partial charge >= 0.3 is 6.03 Å². The topological polar surface area (TPSA) is 80.3 Å². The normalized spacial score (nSPS) is 10.6. The average molecular weight is 219 g/mol. The fraction of sp³-hybridized carbons (Fsp3) is 0.182. The minimum absolute atomic E-state index is 0.148. The number of nitrogens with one attached hydrogen (secondary N) is 1. The summed E-state index contributed by atoms with van der Waals surface area (Å²) in [6.07, 6.45) is 0. The van der Waals surface area contributed by atoms with Gasteiger partial charge in [-0.1, -0.05) is 18.2 Å². The van der Waals surface area contributed by atoms with Crippen LogP contribution in [0.4, 0.5) is 4.79 Å². The Morgan fingerprint density at radius 1 is 1.50 bits per heavy atom. The van der Waals surface area contributed by atoms with Crippen molar-refractivity contribution in [1.82, 2.24) is 9.88 Å². The summed E-state index contributed by atoms with van der Waals surface area (Å²) in [6.45, 7) is 0.225. The van der Waals surface area contributed by atoms with Crippen molar-refractivity contribution >= 4 is 16.9 Å². The number of para-hydroxylation sites is 1. The molecule has 5 heteroatoms. The standard InChI is InChI=1S/C11H13N3O2/c1-14-9-5-3-2-4-7(9)8(10(14)15)6-13-11(12)16/h2-5,15H,6H2,1H3,(H3,12,13,16). The van der Waals surface area contributed by atoms with E-state index in [1.54, 1.807) is 11.6 Å². The highest BCUT2D eigenvalue weighted by Gasteiger charge is 2.13. The minimum atomic E-state index is -0.604. The monoisotopic (exact) mass is 219 g/mol. The van der Waals surface area contributed by atoms with E-state index in [9.17, 15) is 9.90 Å². The second kappa shape index (κ2) is 3.77. The molecular formula is C11H13N3O2. The zero-order valence-corrected chi connectivity index (χ0v) is 8.90. The van der Waals surface area contributed by atoms with E-state index in [4.69, 9.17) is 5.73 Å². The first-order valence-corrected chi connectivity index (χ1v) is 4.90. The molecule has 0 saturated carbocycles. The average Bonchev–Trinajstić information content (AvgIpc) is 2.50. The molecule has 0 saturated heterocycles. The van der Waals surface area contributed by atoms with Crippen molar-refractivity contribution in [3.8, 4) is 5.88 Å². The van der Waals surface area contributed by atoms with Gasteiger partial charge in [-0.3, -0.25) is 0 Å². The molecule has 0 aliphatic rings. The second-order valence-corrected chi connectivity index (χ2v) is 3.60. The lowest BCUT2D eigenvalue weighted by Gasteiger charge is -2.01. The molecule has 1 heterocycles. The zero-order chi connectivity index (χ0) is 11.7. The van der Waals surface area contributed by atoms with Crippen LogP contribution in [-0.4, -0.2) is 15.7 Å². The molecule has 0 aliphatic heterocycles. The number of rotatable bonds is 2. The Kier molecular flexibility index (Phi) is 2.44. The molecule has 0 bridgehead atoms. The van der Waals surface area contributed by atoms with Crippen molar-refractivity contribution in [2.45, 2.75) is 6.54 Å². The molecule has 0 unspecified atom stereocenters. The number of nitrogens with two attached hydrogens (primary N) is 1. The fourth-order valence-corrected chi connectivity index (χ4v) is 1.81. The van der Waals surface area contributed by atoms with Crippen LogP contribution in [0.15, 0.2) is 24.3 Å². The summed E-state index contributed by atoms with van der Waals surface area (Å²) in [4.78, 5) is 10.6. The van der Waals surface area contributed by atoms with Crippen molar-refractivity contribution in [2.24, 2.45) is 12.8 Å². The summed E-state index contributed by atoms with van der Waals surface area (Å²) < 4.78 is 1.67. The lowest BCUT2D eigenvalue weighted by Crippen LogP contribution is -2.28. The van der Waals surface area contributed by atoms with Crippen molar-refractivity contribution in [2.75, 3.05) is 0 Å². The molecular weight excluding hydrogens is 206 g/mol. The van der Waals surface area contributed by atoms with Gasteiger partial charge in [-0.25, -0.2) is 4.79 Å². The maximum atomic E-state index is 10.6. The second-order valence-electron chi connectivity index (χ2n) is 3.60. The van der Waals surface area contributed by atoms with Gasteiger partial charge in [-0.2, -0.15) is 0 Å². The number of urea groups is 1. The number of aromatic hydroxyl groups is 1. The molecule has 1 aromatic carbocycles. The van der Waals surface area contributed by atoms with Gasteiger partial charge < -0.3 is 20.7 Å². The Labute approximate surface area is 92.5 Å². The summed E-state index contributed by atoms with van der Waals surface area (Å²) in [5, 5.41) is 13.3. The molecule has 16 heavy (non-hydrogen) atoms. The molecule has 0 radical (unpaired) electrons. The Morgan fingerprint density at radius 3 is 2.88 bits per heavy atom. The molecule has 4 N–H and O–H groups in total. The summed E-state index contributed by atoms with van der Waals surface area (Å²) in [5.41, 5.74) is 6.60. The number of hydrogen-bond acceptors (Lipinski definition) is 2. The number of aryl methyl sites for hydroxylation is 1. The van der Waals surface area contributed by atoms with Crippen LogP contribution in [0.2, 0.25) is 0 Å². The Balaban J connectivity index is 2.51. The van der Waals surface area contributed by atoms with E-state index in [-0.39, 0.29) is 12.4 Å². The van der Waals surface area contributed by atoms with Gasteiger partial charge in [0.25, 0.3) is 0 Å². The zero-order valence-electron chi connectivity index (χ0n) is 8.90. The third-order valence-electron chi connectivity index (χ3n) is 2.62. The molecule has 0 spiro atoms. The van der Waals surface area contributed by atoms with Crippen LogP contribution < -0.4 is 11.1 Å². The fourth-order valence-electron chi connectivity index (χ4n) is 1.81. The highest BCUT2D eigenvalue weighted by molar-refractivity contribution is 5.87. The molecule has 84 valence electrons. The highest BCUT2D eigenvalue weighted by atomic mass is 16.3. The first-order valence-electron chi connectivity index (χ1n) is 4.90. The van der Waals surface area contributed by atoms with Crippen LogP contribution in [0.5, 0.6) is 5.88 Å². The molecule has 0 atom stereocenters. The lowest BCUT2D eigenvalue weighted by molar-refractivity contribution is 0.248. The van der Waals surface area contributed by atoms with E-state index in [0.29, 0.717) is 5.56 Å². The van der Waals surface area contributed by atoms with E-state index in [2.05, 4.69) is 5.32 Å². The molecule has 2 aromatic rings. The van der Waals surface area contributed by atoms with E-state index < -0.39 is 6.03 Å². The van der Waals surface area contributed by atoms with Crippen LogP contribution in [-0.2, 0) is 13.6 Å². The van der Waals surface area contributed by atoms with Gasteiger partial charge in [0.15, 0.2) is 5.88 Å². The number of aromatic nitrogens is 1. The number of carbonyl (C=O) groups is 1. The summed E-state index contributed by atoms with van der Waals surface area (Å²) in [6, 6.07) is 6.98. The summed E-state index contributed by atoms with van der Waals surface area (Å²) in [7, 11) is 1.77. The third kappa shape index (κ3) is 1.56. The lowest BCUT2D eigenvalue weighted by atomic mass is 10.2. The van der Waals surface area contributed by atoms with Crippen molar-refractivity contribution in [3.63, 3.8) is 0 Å². The maximum absolute atomic E-state index is 10.6. The SMILES string of the molecule is Cn1c(O)c(CNC(N)=O)c2ccccc21. The number of hydrogen-bond donors (Lipinski definition) is 3. The molecule has 2 amide bonds. The van der Waals surface area contributed by atoms with Crippen LogP contribution >= 0.6 is 0 Å². The van der Waals surface area contributed by atoms with E-state index in [0.717, 1.165) is 10.9 Å². The van der Waals surface area contributed by atoms with E-state index >= 15 is 0 Å². The number of carbonyl (C=O) groups excluding carboxylic acids is 1. The smallest absolute Gasteiger partial charge is 0.312 e. The molecule has 5 nitrogen and oxygen atoms in total. The number of amides is 2. The molecule has 2 rings (SSSR count). The minimum Gasteiger partial charge on any atom is -0.494 e. The van der Waals surface area contributed by atoms with Crippen molar-refractivity contribution in [3.05, 3.63) is 29.8 Å². The van der Waals surface area contributed by atoms with E-state index in [1.165, 1.54) is 0 Å². The van der Waals surface area contributed by atoms with Crippen molar-refractivity contribution in [1.29, 1.82) is 0 Å². The number of fused-ring (bicyclic) bond motifs is 1. The maximum Gasteiger partial charge on any atom is 0.312 e. The van der Waals surface area contributed by atoms with Gasteiger partial charge in [-0.05, 0) is 6.07 Å². The molecule has 0 aliphatic carbocycles.